The number of methoxy groups -OCH3 is 1. The van der Waals surface area contributed by atoms with Gasteiger partial charge in [0, 0.05) is 30.5 Å². The van der Waals surface area contributed by atoms with Gasteiger partial charge in [0.25, 0.3) is 0 Å². The zero-order valence-corrected chi connectivity index (χ0v) is 11.0. The predicted molar refractivity (Wildman–Crippen MR) is 69.1 cm³/mol. The Labute approximate surface area is 102 Å². The molecule has 1 heterocycles. The van der Waals surface area contributed by atoms with Crippen LogP contribution in [0.25, 0.3) is 0 Å². The molecule has 1 aromatic rings. The smallest absolute Gasteiger partial charge is 0.0587 e. The summed E-state index contributed by atoms with van der Waals surface area (Å²) in [5, 5.41) is 5.72. The SMILES string of the molecule is COCCNCC1(c2cccs2)CCC1C. The predicted octanol–water partition coefficient (Wildman–Crippen LogP) is 2.65. The fraction of sp³-hybridized carbons (Fsp3) is 0.692. The van der Waals surface area contributed by atoms with Crippen LogP contribution < -0.4 is 5.32 Å². The molecule has 0 saturated heterocycles. The Morgan fingerprint density at radius 1 is 1.62 bits per heavy atom. The summed E-state index contributed by atoms with van der Waals surface area (Å²) >= 11 is 1.90. The third-order valence-electron chi connectivity index (χ3n) is 3.90. The van der Waals surface area contributed by atoms with Crippen LogP contribution in [0.15, 0.2) is 17.5 Å². The maximum atomic E-state index is 5.07. The minimum absolute atomic E-state index is 0.405. The summed E-state index contributed by atoms with van der Waals surface area (Å²) in [6, 6.07) is 4.46. The van der Waals surface area contributed by atoms with Gasteiger partial charge in [0.2, 0.25) is 0 Å². The lowest BCUT2D eigenvalue weighted by Gasteiger charge is -2.48. The van der Waals surface area contributed by atoms with Crippen LogP contribution in [0.4, 0.5) is 0 Å². The molecule has 2 unspecified atom stereocenters. The topological polar surface area (TPSA) is 21.3 Å². The van der Waals surface area contributed by atoms with Gasteiger partial charge >= 0.3 is 0 Å². The standard InChI is InChI=1S/C13H21NOS/c1-11-5-6-13(11,10-14-7-8-15-2)12-4-3-9-16-12/h3-4,9,11,14H,5-8,10H2,1-2H3. The van der Waals surface area contributed by atoms with Crippen molar-refractivity contribution in [3.8, 4) is 0 Å². The van der Waals surface area contributed by atoms with Gasteiger partial charge in [-0.05, 0) is 30.2 Å². The third kappa shape index (κ3) is 2.17. The molecule has 0 spiro atoms. The van der Waals surface area contributed by atoms with Crippen molar-refractivity contribution in [3.63, 3.8) is 0 Å². The van der Waals surface area contributed by atoms with E-state index in [2.05, 4.69) is 29.8 Å². The number of hydrogen-bond donors (Lipinski definition) is 1. The first kappa shape index (κ1) is 12.1. The van der Waals surface area contributed by atoms with Crippen molar-refractivity contribution in [3.05, 3.63) is 22.4 Å². The van der Waals surface area contributed by atoms with Crippen molar-refractivity contribution < 1.29 is 4.74 Å². The van der Waals surface area contributed by atoms with E-state index in [4.69, 9.17) is 4.74 Å². The molecular formula is C13H21NOS. The summed E-state index contributed by atoms with van der Waals surface area (Å²) in [6.45, 7) is 5.23. The summed E-state index contributed by atoms with van der Waals surface area (Å²) < 4.78 is 5.07. The number of thiophene rings is 1. The Hall–Kier alpha value is -0.380. The van der Waals surface area contributed by atoms with Crippen LogP contribution in [0, 0.1) is 5.92 Å². The van der Waals surface area contributed by atoms with E-state index in [-0.39, 0.29) is 0 Å². The molecule has 1 aliphatic carbocycles. The first-order valence-electron chi connectivity index (χ1n) is 6.03. The average molecular weight is 239 g/mol. The van der Waals surface area contributed by atoms with Gasteiger partial charge in [0.1, 0.15) is 0 Å². The minimum atomic E-state index is 0.405. The molecule has 90 valence electrons. The lowest BCUT2D eigenvalue weighted by molar-refractivity contribution is 0.131. The van der Waals surface area contributed by atoms with E-state index in [0.29, 0.717) is 5.41 Å². The van der Waals surface area contributed by atoms with Gasteiger partial charge in [-0.15, -0.1) is 11.3 Å². The van der Waals surface area contributed by atoms with Crippen molar-refractivity contribution in [1.29, 1.82) is 0 Å². The zero-order chi connectivity index (χ0) is 11.4. The molecule has 1 N–H and O–H groups in total. The van der Waals surface area contributed by atoms with E-state index < -0.39 is 0 Å². The molecule has 16 heavy (non-hydrogen) atoms. The van der Waals surface area contributed by atoms with Gasteiger partial charge in [-0.1, -0.05) is 13.0 Å². The minimum Gasteiger partial charge on any atom is -0.383 e. The molecule has 1 aromatic heterocycles. The Balaban J connectivity index is 1.95. The summed E-state index contributed by atoms with van der Waals surface area (Å²) in [7, 11) is 1.75. The Morgan fingerprint density at radius 3 is 3.00 bits per heavy atom. The van der Waals surface area contributed by atoms with Crippen LogP contribution >= 0.6 is 11.3 Å². The molecule has 1 aliphatic rings. The van der Waals surface area contributed by atoms with Gasteiger partial charge in [-0.3, -0.25) is 0 Å². The molecule has 0 aliphatic heterocycles. The number of nitrogens with one attached hydrogen (secondary N) is 1. The van der Waals surface area contributed by atoms with Crippen LogP contribution in [0.5, 0.6) is 0 Å². The van der Waals surface area contributed by atoms with E-state index in [9.17, 15) is 0 Å². The molecule has 2 nitrogen and oxygen atoms in total. The third-order valence-corrected chi connectivity index (χ3v) is 4.99. The second-order valence-corrected chi connectivity index (χ2v) is 5.69. The summed E-state index contributed by atoms with van der Waals surface area (Å²) in [5.74, 6) is 0.807. The average Bonchev–Trinajstić information content (AvgIpc) is 2.81. The Kier molecular flexibility index (Phi) is 4.00. The summed E-state index contributed by atoms with van der Waals surface area (Å²) in [4.78, 5) is 1.55. The monoisotopic (exact) mass is 239 g/mol. The normalized spacial score (nSPS) is 29.0. The fourth-order valence-electron chi connectivity index (χ4n) is 2.54. The molecule has 1 fully saturated rings. The van der Waals surface area contributed by atoms with Crippen molar-refractivity contribution in [2.24, 2.45) is 5.92 Å². The van der Waals surface area contributed by atoms with E-state index in [1.54, 1.807) is 12.0 Å². The second kappa shape index (κ2) is 5.30. The lowest BCUT2D eigenvalue weighted by atomic mass is 9.60. The van der Waals surface area contributed by atoms with Crippen molar-refractivity contribution in [2.45, 2.75) is 25.2 Å². The van der Waals surface area contributed by atoms with Crippen LogP contribution in [0.2, 0.25) is 0 Å². The van der Waals surface area contributed by atoms with Gasteiger partial charge in [0.05, 0.1) is 6.61 Å². The van der Waals surface area contributed by atoms with Crippen LogP contribution in [-0.2, 0) is 10.2 Å². The van der Waals surface area contributed by atoms with Gasteiger partial charge < -0.3 is 10.1 Å². The van der Waals surface area contributed by atoms with E-state index in [1.807, 2.05) is 11.3 Å². The molecule has 2 atom stereocenters. The highest BCUT2D eigenvalue weighted by Crippen LogP contribution is 2.49. The van der Waals surface area contributed by atoms with Gasteiger partial charge in [-0.25, -0.2) is 0 Å². The highest BCUT2D eigenvalue weighted by molar-refractivity contribution is 7.10. The first-order valence-corrected chi connectivity index (χ1v) is 6.91. The van der Waals surface area contributed by atoms with Gasteiger partial charge in [0.15, 0.2) is 0 Å². The highest BCUT2D eigenvalue weighted by atomic mass is 32.1. The molecule has 0 radical (unpaired) electrons. The van der Waals surface area contributed by atoms with Crippen molar-refractivity contribution >= 4 is 11.3 Å². The zero-order valence-electron chi connectivity index (χ0n) is 10.2. The fourth-order valence-corrected chi connectivity index (χ4v) is 3.62. The molecule has 2 rings (SSSR count). The maximum Gasteiger partial charge on any atom is 0.0587 e. The quantitative estimate of drug-likeness (QED) is 0.771. The molecule has 0 bridgehead atoms. The van der Waals surface area contributed by atoms with Crippen molar-refractivity contribution in [2.75, 3.05) is 26.8 Å². The number of ether oxygens (including phenoxy) is 1. The lowest BCUT2D eigenvalue weighted by Crippen LogP contribution is -2.50. The number of rotatable bonds is 6. The van der Waals surface area contributed by atoms with Crippen LogP contribution in [-0.4, -0.2) is 26.8 Å². The van der Waals surface area contributed by atoms with E-state index in [1.165, 1.54) is 12.8 Å². The molecule has 0 aromatic carbocycles. The first-order chi connectivity index (χ1) is 7.79. The van der Waals surface area contributed by atoms with Crippen LogP contribution in [0.3, 0.4) is 0 Å². The molecule has 3 heteroatoms. The second-order valence-electron chi connectivity index (χ2n) is 4.74. The van der Waals surface area contributed by atoms with Gasteiger partial charge in [-0.2, -0.15) is 0 Å². The Morgan fingerprint density at radius 2 is 2.50 bits per heavy atom. The highest BCUT2D eigenvalue weighted by Gasteiger charge is 2.45. The maximum absolute atomic E-state index is 5.07. The summed E-state index contributed by atoms with van der Waals surface area (Å²) in [5.41, 5.74) is 0.405. The number of hydrogen-bond acceptors (Lipinski definition) is 3. The molecular weight excluding hydrogens is 218 g/mol. The molecule has 1 saturated carbocycles. The van der Waals surface area contributed by atoms with E-state index >= 15 is 0 Å². The van der Waals surface area contributed by atoms with Crippen LogP contribution in [0.1, 0.15) is 24.6 Å². The Bertz CT molecular complexity index is 312. The summed E-state index contributed by atoms with van der Waals surface area (Å²) in [6.07, 6.45) is 2.69. The van der Waals surface area contributed by atoms with E-state index in [0.717, 1.165) is 25.6 Å². The van der Waals surface area contributed by atoms with Crippen molar-refractivity contribution in [1.82, 2.24) is 5.32 Å². The molecule has 0 amide bonds. The largest absolute Gasteiger partial charge is 0.383 e.